The van der Waals surface area contributed by atoms with Crippen molar-refractivity contribution in [2.75, 3.05) is 0 Å². The highest BCUT2D eigenvalue weighted by Crippen LogP contribution is 2.35. The smallest absolute Gasteiger partial charge is 0.200 e. The van der Waals surface area contributed by atoms with E-state index in [-0.39, 0.29) is 5.82 Å². The molecule has 1 aromatic rings. The van der Waals surface area contributed by atoms with E-state index in [9.17, 15) is 0 Å². The number of phenolic OH excluding ortho intramolecular Hbond substituents is 3. The van der Waals surface area contributed by atoms with Gasteiger partial charge in [0.1, 0.15) is 0 Å². The van der Waals surface area contributed by atoms with Crippen molar-refractivity contribution in [3.05, 3.63) is 23.5 Å². The molecule has 0 aliphatic carbocycles. The second-order valence-corrected chi connectivity index (χ2v) is 2.55. The van der Waals surface area contributed by atoms with Gasteiger partial charge in [-0.1, -0.05) is 0 Å². The van der Waals surface area contributed by atoms with Crippen LogP contribution in [-0.2, 0) is 0 Å². The van der Waals surface area contributed by atoms with Gasteiger partial charge in [-0.25, -0.2) is 0 Å². The van der Waals surface area contributed by atoms with Gasteiger partial charge in [-0.15, -0.1) is 0 Å². The van der Waals surface area contributed by atoms with Crippen molar-refractivity contribution >= 4 is 6.08 Å². The molecule has 0 radical (unpaired) electrons. The number of hydrogen-bond donors (Lipinski definition) is 5. The van der Waals surface area contributed by atoms with E-state index in [4.69, 9.17) is 26.8 Å². The molecular weight excluding hydrogens is 172 g/mol. The predicted octanol–water partition coefficient (Wildman–Crippen LogP) is 0.0192. The summed E-state index contributed by atoms with van der Waals surface area (Å²) in [4.78, 5) is 0. The average molecular weight is 182 g/mol. The molecule has 1 aromatic carbocycles. The molecule has 7 N–H and O–H groups in total. The number of nitrogens with two attached hydrogens (primary N) is 2. The van der Waals surface area contributed by atoms with Gasteiger partial charge in [0, 0.05) is 0 Å². The van der Waals surface area contributed by atoms with Crippen LogP contribution in [0.15, 0.2) is 18.0 Å². The van der Waals surface area contributed by atoms with E-state index in [1.807, 2.05) is 0 Å². The topological polar surface area (TPSA) is 113 Å². The van der Waals surface area contributed by atoms with Crippen molar-refractivity contribution in [2.45, 2.75) is 0 Å². The highest BCUT2D eigenvalue weighted by molar-refractivity contribution is 5.61. The van der Waals surface area contributed by atoms with E-state index >= 15 is 0 Å². The number of benzene rings is 1. The Balaban J connectivity index is 3.21. The van der Waals surface area contributed by atoms with E-state index in [2.05, 4.69) is 0 Å². The molecule has 13 heavy (non-hydrogen) atoms. The van der Waals surface area contributed by atoms with Crippen molar-refractivity contribution in [2.24, 2.45) is 11.5 Å². The second-order valence-electron chi connectivity index (χ2n) is 2.55. The molecule has 5 heteroatoms. The first-order chi connectivity index (χ1) is 6.00. The molecule has 1 rings (SSSR count). The fraction of sp³-hybridized carbons (Fsp3) is 0. The van der Waals surface area contributed by atoms with Crippen LogP contribution in [0.2, 0.25) is 0 Å². The first-order valence-electron chi connectivity index (χ1n) is 3.48. The highest BCUT2D eigenvalue weighted by Gasteiger charge is 2.06. The van der Waals surface area contributed by atoms with Crippen LogP contribution in [0.5, 0.6) is 17.2 Å². The molecule has 0 amide bonds. The zero-order valence-corrected chi connectivity index (χ0v) is 6.73. The summed E-state index contributed by atoms with van der Waals surface area (Å²) in [7, 11) is 0. The molecule has 0 fully saturated rings. The van der Waals surface area contributed by atoms with Gasteiger partial charge in [0.25, 0.3) is 0 Å². The first kappa shape index (κ1) is 9.05. The molecule has 0 aliphatic heterocycles. The standard InChI is InChI=1S/C8H10N2O3/c9-7(10)3-4-1-5(11)8(13)6(12)2-4/h1-3,11-13H,9-10H2. The van der Waals surface area contributed by atoms with Crippen LogP contribution in [0.25, 0.3) is 6.08 Å². The predicted molar refractivity (Wildman–Crippen MR) is 47.8 cm³/mol. The van der Waals surface area contributed by atoms with Crippen LogP contribution in [0.4, 0.5) is 0 Å². The molecule has 0 unspecified atom stereocenters. The van der Waals surface area contributed by atoms with E-state index < -0.39 is 17.2 Å². The third kappa shape index (κ3) is 1.96. The zero-order chi connectivity index (χ0) is 10.0. The van der Waals surface area contributed by atoms with Gasteiger partial charge < -0.3 is 26.8 Å². The number of aromatic hydroxyl groups is 3. The third-order valence-corrected chi connectivity index (χ3v) is 1.43. The summed E-state index contributed by atoms with van der Waals surface area (Å²) in [6, 6.07) is 2.46. The maximum Gasteiger partial charge on any atom is 0.200 e. The van der Waals surface area contributed by atoms with Crippen LogP contribution < -0.4 is 11.5 Å². The quantitative estimate of drug-likeness (QED) is 0.393. The Morgan fingerprint density at radius 3 is 1.92 bits per heavy atom. The van der Waals surface area contributed by atoms with E-state index in [1.165, 1.54) is 18.2 Å². The van der Waals surface area contributed by atoms with Crippen LogP contribution >= 0.6 is 0 Å². The Labute approximate surface area is 74.5 Å². The lowest BCUT2D eigenvalue weighted by atomic mass is 10.2. The van der Waals surface area contributed by atoms with Crippen LogP contribution in [0, 0.1) is 0 Å². The Morgan fingerprint density at radius 2 is 1.54 bits per heavy atom. The second kappa shape index (κ2) is 3.14. The van der Waals surface area contributed by atoms with E-state index in [0.717, 1.165) is 0 Å². The summed E-state index contributed by atoms with van der Waals surface area (Å²) in [5.41, 5.74) is 10.8. The fourth-order valence-corrected chi connectivity index (χ4v) is 0.901. The van der Waals surface area contributed by atoms with Crippen molar-refractivity contribution in [1.29, 1.82) is 0 Å². The number of rotatable bonds is 1. The minimum Gasteiger partial charge on any atom is -0.504 e. The Hall–Kier alpha value is -2.04. The summed E-state index contributed by atoms with van der Waals surface area (Å²) < 4.78 is 0. The largest absolute Gasteiger partial charge is 0.504 e. The molecular formula is C8H10N2O3. The van der Waals surface area contributed by atoms with E-state index in [0.29, 0.717) is 5.56 Å². The number of phenols is 3. The van der Waals surface area contributed by atoms with Crippen LogP contribution in [0.1, 0.15) is 5.56 Å². The molecule has 0 aliphatic rings. The Kier molecular flexibility index (Phi) is 2.19. The summed E-state index contributed by atoms with van der Waals surface area (Å²) >= 11 is 0. The monoisotopic (exact) mass is 182 g/mol. The summed E-state index contributed by atoms with van der Waals surface area (Å²) in [5, 5.41) is 27.1. The molecule has 0 spiro atoms. The SMILES string of the molecule is NC(N)=Cc1cc(O)c(O)c(O)c1. The van der Waals surface area contributed by atoms with Crippen molar-refractivity contribution in [1.82, 2.24) is 0 Å². The fourth-order valence-electron chi connectivity index (χ4n) is 0.901. The molecule has 5 nitrogen and oxygen atoms in total. The molecule has 0 heterocycles. The maximum atomic E-state index is 9.07. The normalized spacial score (nSPS) is 9.54. The summed E-state index contributed by atoms with van der Waals surface area (Å²) in [6.45, 7) is 0. The lowest BCUT2D eigenvalue weighted by Crippen LogP contribution is -2.06. The minimum atomic E-state index is -0.562. The van der Waals surface area contributed by atoms with Crippen molar-refractivity contribution in [3.8, 4) is 17.2 Å². The molecule has 0 saturated heterocycles. The molecule has 0 atom stereocenters. The van der Waals surface area contributed by atoms with E-state index in [1.54, 1.807) is 0 Å². The lowest BCUT2D eigenvalue weighted by Gasteiger charge is -2.02. The van der Waals surface area contributed by atoms with Gasteiger partial charge in [0.05, 0.1) is 5.82 Å². The lowest BCUT2D eigenvalue weighted by molar-refractivity contribution is 0.368. The van der Waals surface area contributed by atoms with Crippen LogP contribution in [0.3, 0.4) is 0 Å². The Morgan fingerprint density at radius 1 is 1.08 bits per heavy atom. The highest BCUT2D eigenvalue weighted by atomic mass is 16.3. The van der Waals surface area contributed by atoms with Gasteiger partial charge in [-0.05, 0) is 23.8 Å². The van der Waals surface area contributed by atoms with Gasteiger partial charge in [0.15, 0.2) is 17.2 Å². The third-order valence-electron chi connectivity index (χ3n) is 1.43. The van der Waals surface area contributed by atoms with Gasteiger partial charge in [-0.2, -0.15) is 0 Å². The van der Waals surface area contributed by atoms with Crippen LogP contribution in [-0.4, -0.2) is 15.3 Å². The molecule has 0 bridgehead atoms. The minimum absolute atomic E-state index is 0.0458. The maximum absolute atomic E-state index is 9.07. The van der Waals surface area contributed by atoms with Gasteiger partial charge in [-0.3, -0.25) is 0 Å². The first-order valence-corrected chi connectivity index (χ1v) is 3.48. The summed E-state index contributed by atoms with van der Waals surface area (Å²) in [6.07, 6.45) is 1.35. The van der Waals surface area contributed by atoms with Gasteiger partial charge in [0.2, 0.25) is 0 Å². The average Bonchev–Trinajstić information content (AvgIpc) is 1.98. The Bertz CT molecular complexity index is 333. The van der Waals surface area contributed by atoms with Crippen molar-refractivity contribution in [3.63, 3.8) is 0 Å². The molecule has 0 aromatic heterocycles. The number of hydrogen-bond acceptors (Lipinski definition) is 5. The van der Waals surface area contributed by atoms with Gasteiger partial charge >= 0.3 is 0 Å². The zero-order valence-electron chi connectivity index (χ0n) is 6.73. The molecule has 70 valence electrons. The van der Waals surface area contributed by atoms with Crippen molar-refractivity contribution < 1.29 is 15.3 Å². The summed E-state index contributed by atoms with van der Waals surface area (Å²) in [5.74, 6) is -1.36. The molecule has 0 saturated carbocycles.